The van der Waals surface area contributed by atoms with Crippen LogP contribution in [0.25, 0.3) is 22.3 Å². The highest BCUT2D eigenvalue weighted by molar-refractivity contribution is 6.05. The van der Waals surface area contributed by atoms with E-state index in [0.717, 1.165) is 31.2 Å². The first-order valence-electron chi connectivity index (χ1n) is 13.6. The van der Waals surface area contributed by atoms with Crippen molar-refractivity contribution in [2.45, 2.75) is 65.5 Å². The van der Waals surface area contributed by atoms with Gasteiger partial charge in [0.05, 0.1) is 11.1 Å². The number of H-pyrrole nitrogens is 1. The van der Waals surface area contributed by atoms with E-state index >= 15 is 0 Å². The van der Waals surface area contributed by atoms with Gasteiger partial charge in [0.2, 0.25) is 0 Å². The Morgan fingerprint density at radius 1 is 1.08 bits per heavy atom. The molecule has 0 unspecified atom stereocenters. The van der Waals surface area contributed by atoms with Gasteiger partial charge in [0.15, 0.2) is 0 Å². The molecule has 1 aliphatic rings. The molecule has 1 saturated carbocycles. The van der Waals surface area contributed by atoms with Crippen molar-refractivity contribution in [1.29, 1.82) is 0 Å². The van der Waals surface area contributed by atoms with Crippen molar-refractivity contribution >= 4 is 22.8 Å². The normalized spacial score (nSPS) is 13.2. The fourth-order valence-corrected chi connectivity index (χ4v) is 4.79. The average molecular weight is 515 g/mol. The van der Waals surface area contributed by atoms with Gasteiger partial charge < -0.3 is 4.98 Å². The van der Waals surface area contributed by atoms with Crippen LogP contribution in [0.1, 0.15) is 62.7 Å². The summed E-state index contributed by atoms with van der Waals surface area (Å²) in [4.78, 5) is 53.3. The Balaban J connectivity index is 1.49. The summed E-state index contributed by atoms with van der Waals surface area (Å²) in [5.41, 5.74) is 2.47. The summed E-state index contributed by atoms with van der Waals surface area (Å²) < 4.78 is 3.02. The summed E-state index contributed by atoms with van der Waals surface area (Å²) in [5, 5.41) is 0. The molecule has 9 heteroatoms. The third-order valence-corrected chi connectivity index (χ3v) is 7.14. The molecule has 198 valence electrons. The Morgan fingerprint density at radius 3 is 2.58 bits per heavy atom. The largest absolute Gasteiger partial charge is 0.349 e. The third kappa shape index (κ3) is 5.18. The number of hydrogen-bond acceptors (Lipinski definition) is 5. The number of rotatable bonds is 11. The molecule has 9 nitrogen and oxygen atoms in total. The van der Waals surface area contributed by atoms with Crippen molar-refractivity contribution in [1.82, 2.24) is 24.1 Å². The number of hydrogen-bond donors (Lipinski definition) is 1. The van der Waals surface area contributed by atoms with Gasteiger partial charge in [-0.1, -0.05) is 33.1 Å². The van der Waals surface area contributed by atoms with Crippen LogP contribution in [0.4, 0.5) is 5.82 Å². The number of anilines is 1. The van der Waals surface area contributed by atoms with Crippen LogP contribution in [0.3, 0.4) is 0 Å². The molecule has 4 aromatic heterocycles. The Bertz CT molecular complexity index is 1530. The molecule has 4 heterocycles. The zero-order chi connectivity index (χ0) is 26.6. The minimum absolute atomic E-state index is 0.124. The first-order chi connectivity index (χ1) is 18.5. The van der Waals surface area contributed by atoms with Gasteiger partial charge in [0.25, 0.3) is 11.5 Å². The number of fused-ring (bicyclic) bond motifs is 1. The molecule has 1 N–H and O–H groups in total. The second-order valence-electron chi connectivity index (χ2n) is 10.0. The SMILES string of the molecule is CCCCn1c(=O)c2[nH]c(-c3ccc(N(CCC4CC4)C(=O)c4cccnc4)nc3)cc2n(CCC)c1=O. The van der Waals surface area contributed by atoms with E-state index in [-0.39, 0.29) is 17.2 Å². The first kappa shape index (κ1) is 25.6. The van der Waals surface area contributed by atoms with Gasteiger partial charge in [-0.05, 0) is 55.5 Å². The van der Waals surface area contributed by atoms with Crippen LogP contribution in [-0.4, -0.2) is 36.5 Å². The van der Waals surface area contributed by atoms with E-state index in [9.17, 15) is 14.4 Å². The van der Waals surface area contributed by atoms with Gasteiger partial charge in [0, 0.05) is 49.5 Å². The minimum Gasteiger partial charge on any atom is -0.349 e. The molecule has 4 aromatic rings. The zero-order valence-electron chi connectivity index (χ0n) is 22.0. The van der Waals surface area contributed by atoms with Crippen LogP contribution in [0.15, 0.2) is 58.5 Å². The van der Waals surface area contributed by atoms with Gasteiger partial charge in [-0.15, -0.1) is 0 Å². The van der Waals surface area contributed by atoms with E-state index in [2.05, 4.69) is 15.0 Å². The lowest BCUT2D eigenvalue weighted by Crippen LogP contribution is -2.40. The van der Waals surface area contributed by atoms with E-state index in [0.29, 0.717) is 53.7 Å². The molecule has 0 radical (unpaired) electrons. The minimum atomic E-state index is -0.296. The molecule has 1 fully saturated rings. The van der Waals surface area contributed by atoms with E-state index in [4.69, 9.17) is 0 Å². The molecule has 1 aliphatic carbocycles. The molecule has 0 spiro atoms. The monoisotopic (exact) mass is 514 g/mol. The predicted molar refractivity (Wildman–Crippen MR) is 149 cm³/mol. The summed E-state index contributed by atoms with van der Waals surface area (Å²) in [6.45, 7) is 5.58. The van der Waals surface area contributed by atoms with E-state index < -0.39 is 0 Å². The summed E-state index contributed by atoms with van der Waals surface area (Å²) >= 11 is 0. The fraction of sp³-hybridized carbons (Fsp3) is 0.414. The molecule has 0 aliphatic heterocycles. The molecule has 0 aromatic carbocycles. The Kier molecular flexibility index (Phi) is 7.53. The second kappa shape index (κ2) is 11.2. The first-order valence-corrected chi connectivity index (χ1v) is 13.6. The van der Waals surface area contributed by atoms with Crippen LogP contribution in [-0.2, 0) is 13.1 Å². The van der Waals surface area contributed by atoms with E-state index in [1.54, 1.807) is 40.2 Å². The van der Waals surface area contributed by atoms with Gasteiger partial charge in [0.1, 0.15) is 11.3 Å². The lowest BCUT2D eigenvalue weighted by Gasteiger charge is -2.22. The molecular formula is C29H34N6O3. The maximum atomic E-state index is 13.3. The number of unbranched alkanes of at least 4 members (excludes halogenated alkanes) is 1. The molecule has 0 bridgehead atoms. The maximum absolute atomic E-state index is 13.3. The van der Waals surface area contributed by atoms with Crippen molar-refractivity contribution in [2.24, 2.45) is 5.92 Å². The molecule has 0 saturated heterocycles. The molecule has 1 amide bonds. The van der Waals surface area contributed by atoms with Gasteiger partial charge in [-0.2, -0.15) is 0 Å². The average Bonchev–Trinajstić information content (AvgIpc) is 3.67. The van der Waals surface area contributed by atoms with Crippen LogP contribution >= 0.6 is 0 Å². The quantitative estimate of drug-likeness (QED) is 0.315. The molecular weight excluding hydrogens is 480 g/mol. The summed E-state index contributed by atoms with van der Waals surface area (Å²) in [6.07, 6.45) is 10.7. The summed E-state index contributed by atoms with van der Waals surface area (Å²) in [6, 6.07) is 9.10. The van der Waals surface area contributed by atoms with Crippen LogP contribution in [0, 0.1) is 5.92 Å². The number of carbonyl (C=O) groups is 1. The van der Waals surface area contributed by atoms with Crippen molar-refractivity contribution in [3.8, 4) is 11.3 Å². The van der Waals surface area contributed by atoms with E-state index in [1.165, 1.54) is 17.4 Å². The highest BCUT2D eigenvalue weighted by atomic mass is 16.2. The number of aromatic nitrogens is 5. The number of pyridine rings is 2. The topological polar surface area (TPSA) is 106 Å². The predicted octanol–water partition coefficient (Wildman–Crippen LogP) is 4.61. The van der Waals surface area contributed by atoms with Crippen LogP contribution < -0.4 is 16.1 Å². The Hall–Kier alpha value is -4.01. The van der Waals surface area contributed by atoms with Gasteiger partial charge in [-0.3, -0.25) is 28.6 Å². The van der Waals surface area contributed by atoms with Crippen LogP contribution in [0.2, 0.25) is 0 Å². The van der Waals surface area contributed by atoms with Crippen molar-refractivity contribution in [3.05, 3.63) is 75.3 Å². The Labute approximate surface area is 221 Å². The molecule has 0 atom stereocenters. The number of aryl methyl sites for hydroxylation is 1. The number of nitrogens with zero attached hydrogens (tertiary/aromatic N) is 5. The molecule has 5 rings (SSSR count). The van der Waals surface area contributed by atoms with Gasteiger partial charge >= 0.3 is 5.69 Å². The number of aromatic amines is 1. The van der Waals surface area contributed by atoms with Crippen molar-refractivity contribution in [3.63, 3.8) is 0 Å². The van der Waals surface area contributed by atoms with E-state index in [1.807, 2.05) is 32.0 Å². The number of nitrogens with one attached hydrogen (secondary N) is 1. The lowest BCUT2D eigenvalue weighted by molar-refractivity contribution is 0.0985. The zero-order valence-corrected chi connectivity index (χ0v) is 22.0. The van der Waals surface area contributed by atoms with Crippen LogP contribution in [0.5, 0.6) is 0 Å². The number of amides is 1. The second-order valence-corrected chi connectivity index (χ2v) is 10.0. The Morgan fingerprint density at radius 2 is 1.92 bits per heavy atom. The molecule has 38 heavy (non-hydrogen) atoms. The third-order valence-electron chi connectivity index (χ3n) is 7.14. The highest BCUT2D eigenvalue weighted by Gasteiger charge is 2.25. The summed E-state index contributed by atoms with van der Waals surface area (Å²) in [7, 11) is 0. The van der Waals surface area contributed by atoms with Crippen molar-refractivity contribution < 1.29 is 4.79 Å². The van der Waals surface area contributed by atoms with Gasteiger partial charge in [-0.25, -0.2) is 9.78 Å². The highest BCUT2D eigenvalue weighted by Crippen LogP contribution is 2.33. The fourth-order valence-electron chi connectivity index (χ4n) is 4.79. The summed E-state index contributed by atoms with van der Waals surface area (Å²) in [5.74, 6) is 1.12. The smallest absolute Gasteiger partial charge is 0.331 e. The van der Waals surface area contributed by atoms with Crippen molar-refractivity contribution in [2.75, 3.05) is 11.4 Å². The lowest BCUT2D eigenvalue weighted by atomic mass is 10.2. The maximum Gasteiger partial charge on any atom is 0.331 e. The number of carbonyl (C=O) groups excluding carboxylic acids is 1. The standard InChI is InChI=1S/C29H34N6O3/c1-3-5-15-35-28(37)26-24(33(14-4-2)29(35)38)17-23(32-26)21-10-11-25(31-19-21)34(16-12-20-8-9-20)27(36)22-7-6-13-30-18-22/h6-7,10-11,13,17-20,32H,3-5,8-9,12,14-16H2,1-2H3.